The fourth-order valence-electron chi connectivity index (χ4n) is 3.93. The second-order valence-electron chi connectivity index (χ2n) is 7.63. The van der Waals surface area contributed by atoms with Crippen molar-refractivity contribution in [3.05, 3.63) is 60.3 Å². The Morgan fingerprint density at radius 2 is 2.04 bits per heavy atom. The molecule has 1 fully saturated rings. The molecule has 0 bridgehead atoms. The number of pyridine rings is 1. The smallest absolute Gasteiger partial charge is 0.251 e. The second kappa shape index (κ2) is 7.98. The molecule has 144 valence electrons. The summed E-state index contributed by atoms with van der Waals surface area (Å²) in [5.41, 5.74) is 3.09. The Bertz CT molecular complexity index is 985. The topological polar surface area (TPSA) is 65.5 Å². The highest BCUT2D eigenvalue weighted by Crippen LogP contribution is 2.30. The predicted molar refractivity (Wildman–Crippen MR) is 111 cm³/mol. The number of benzene rings is 2. The van der Waals surface area contributed by atoms with Crippen LogP contribution in [0.1, 0.15) is 23.2 Å². The van der Waals surface area contributed by atoms with E-state index in [1.54, 1.807) is 12.3 Å². The Hall–Kier alpha value is -2.92. The number of phenols is 1. The zero-order valence-electron chi connectivity index (χ0n) is 16.1. The van der Waals surface area contributed by atoms with Crippen LogP contribution in [0, 0.1) is 5.92 Å². The Kier molecular flexibility index (Phi) is 5.26. The number of aromatic nitrogens is 1. The van der Waals surface area contributed by atoms with Gasteiger partial charge in [-0.3, -0.25) is 9.78 Å². The number of rotatable bonds is 4. The molecule has 1 aromatic heterocycles. The van der Waals surface area contributed by atoms with Gasteiger partial charge in [0.15, 0.2) is 0 Å². The molecule has 4 rings (SSSR count). The average Bonchev–Trinajstić information content (AvgIpc) is 2.72. The summed E-state index contributed by atoms with van der Waals surface area (Å²) in [7, 11) is 2.13. The highest BCUT2D eigenvalue weighted by Gasteiger charge is 2.18. The van der Waals surface area contributed by atoms with Crippen molar-refractivity contribution in [3.63, 3.8) is 0 Å². The molecule has 28 heavy (non-hydrogen) atoms. The van der Waals surface area contributed by atoms with Crippen LogP contribution in [0.15, 0.2) is 54.7 Å². The standard InChI is InChI=1S/C23H25N3O2/c1-26-11-3-4-16(15-26)14-25-23(28)18-8-6-17(7-9-18)20-12-19-5-2-10-24-22(19)21(27)13-20/h2,5-10,12-13,16,27H,3-4,11,14-15H2,1H3,(H,25,28). The van der Waals surface area contributed by atoms with Crippen molar-refractivity contribution in [1.29, 1.82) is 0 Å². The zero-order valence-corrected chi connectivity index (χ0v) is 16.1. The maximum atomic E-state index is 12.5. The van der Waals surface area contributed by atoms with Crippen molar-refractivity contribution >= 4 is 16.8 Å². The fourth-order valence-corrected chi connectivity index (χ4v) is 3.93. The van der Waals surface area contributed by atoms with Crippen LogP contribution >= 0.6 is 0 Å². The van der Waals surface area contributed by atoms with E-state index < -0.39 is 0 Å². The predicted octanol–water partition coefficient (Wildman–Crippen LogP) is 3.68. The number of hydrogen-bond donors (Lipinski definition) is 2. The van der Waals surface area contributed by atoms with E-state index >= 15 is 0 Å². The number of likely N-dealkylation sites (tertiary alicyclic amines) is 1. The Labute approximate surface area is 165 Å². The lowest BCUT2D eigenvalue weighted by Crippen LogP contribution is -2.39. The minimum atomic E-state index is -0.0367. The number of carbonyl (C=O) groups excluding carboxylic acids is 1. The van der Waals surface area contributed by atoms with E-state index in [0.717, 1.165) is 36.1 Å². The first-order chi connectivity index (χ1) is 13.6. The summed E-state index contributed by atoms with van der Waals surface area (Å²) in [6, 6.07) is 15.0. The summed E-state index contributed by atoms with van der Waals surface area (Å²) in [5.74, 6) is 0.647. The van der Waals surface area contributed by atoms with Gasteiger partial charge in [0.2, 0.25) is 0 Å². The minimum absolute atomic E-state index is 0.0367. The maximum absolute atomic E-state index is 12.5. The Morgan fingerprint density at radius 3 is 2.82 bits per heavy atom. The van der Waals surface area contributed by atoms with Gasteiger partial charge in [-0.1, -0.05) is 18.2 Å². The number of nitrogens with zero attached hydrogens (tertiary/aromatic N) is 2. The first kappa shape index (κ1) is 18.4. The molecule has 0 saturated carbocycles. The van der Waals surface area contributed by atoms with Gasteiger partial charge in [0.05, 0.1) is 0 Å². The first-order valence-electron chi connectivity index (χ1n) is 9.75. The fraction of sp³-hybridized carbons (Fsp3) is 0.304. The minimum Gasteiger partial charge on any atom is -0.506 e. The van der Waals surface area contributed by atoms with E-state index in [1.807, 2.05) is 42.5 Å². The van der Waals surface area contributed by atoms with Crippen molar-refractivity contribution < 1.29 is 9.90 Å². The van der Waals surface area contributed by atoms with Gasteiger partial charge in [0.25, 0.3) is 5.91 Å². The van der Waals surface area contributed by atoms with Gasteiger partial charge < -0.3 is 15.3 Å². The lowest BCUT2D eigenvalue weighted by atomic mass is 9.98. The number of phenolic OH excluding ortho intramolecular Hbond substituents is 1. The summed E-state index contributed by atoms with van der Waals surface area (Å²) < 4.78 is 0. The molecule has 0 aliphatic carbocycles. The highest BCUT2D eigenvalue weighted by atomic mass is 16.3. The van der Waals surface area contributed by atoms with Crippen LogP contribution in [-0.4, -0.2) is 47.6 Å². The summed E-state index contributed by atoms with van der Waals surface area (Å²) in [6.45, 7) is 2.91. The molecule has 1 aliphatic heterocycles. The highest BCUT2D eigenvalue weighted by molar-refractivity contribution is 5.95. The molecule has 2 N–H and O–H groups in total. The molecule has 1 amide bonds. The first-order valence-corrected chi connectivity index (χ1v) is 9.75. The molecule has 5 heteroatoms. The quantitative estimate of drug-likeness (QED) is 0.730. The zero-order chi connectivity index (χ0) is 19.5. The monoisotopic (exact) mass is 375 g/mol. The average molecular weight is 375 g/mol. The van der Waals surface area contributed by atoms with E-state index in [1.165, 1.54) is 12.8 Å². The van der Waals surface area contributed by atoms with Gasteiger partial charge >= 0.3 is 0 Å². The van der Waals surface area contributed by atoms with Crippen molar-refractivity contribution in [3.8, 4) is 16.9 Å². The summed E-state index contributed by atoms with van der Waals surface area (Å²) in [4.78, 5) is 19.0. The molecule has 1 saturated heterocycles. The van der Waals surface area contributed by atoms with Crippen molar-refractivity contribution in [2.75, 3.05) is 26.7 Å². The number of nitrogens with one attached hydrogen (secondary N) is 1. The van der Waals surface area contributed by atoms with Crippen LogP contribution < -0.4 is 5.32 Å². The van der Waals surface area contributed by atoms with Gasteiger partial charge in [-0.2, -0.15) is 0 Å². The number of fused-ring (bicyclic) bond motifs is 1. The van der Waals surface area contributed by atoms with Gasteiger partial charge in [-0.05, 0) is 73.8 Å². The van der Waals surface area contributed by atoms with E-state index in [-0.39, 0.29) is 11.7 Å². The molecule has 5 nitrogen and oxygen atoms in total. The van der Waals surface area contributed by atoms with Crippen molar-refractivity contribution in [2.45, 2.75) is 12.8 Å². The lowest BCUT2D eigenvalue weighted by Gasteiger charge is -2.29. The molecule has 0 spiro atoms. The van der Waals surface area contributed by atoms with Crippen molar-refractivity contribution in [1.82, 2.24) is 15.2 Å². The van der Waals surface area contributed by atoms with E-state index in [4.69, 9.17) is 0 Å². The maximum Gasteiger partial charge on any atom is 0.251 e. The van der Waals surface area contributed by atoms with Crippen LogP contribution in [0.4, 0.5) is 0 Å². The molecular formula is C23H25N3O2. The summed E-state index contributed by atoms with van der Waals surface area (Å²) in [5, 5.41) is 14.2. The van der Waals surface area contributed by atoms with Gasteiger partial charge in [0.1, 0.15) is 11.3 Å². The van der Waals surface area contributed by atoms with Crippen molar-refractivity contribution in [2.24, 2.45) is 5.92 Å². The molecule has 2 heterocycles. The SMILES string of the molecule is CN1CCCC(CNC(=O)c2ccc(-c3cc(O)c4ncccc4c3)cc2)C1. The van der Waals surface area contributed by atoms with E-state index in [9.17, 15) is 9.90 Å². The Balaban J connectivity index is 1.45. The number of carbonyl (C=O) groups is 1. The molecular weight excluding hydrogens is 350 g/mol. The van der Waals surface area contributed by atoms with E-state index in [2.05, 4.69) is 22.2 Å². The molecule has 0 radical (unpaired) electrons. The molecule has 3 aromatic rings. The summed E-state index contributed by atoms with van der Waals surface area (Å²) >= 11 is 0. The lowest BCUT2D eigenvalue weighted by molar-refractivity contribution is 0.0937. The largest absolute Gasteiger partial charge is 0.506 e. The van der Waals surface area contributed by atoms with Crippen LogP contribution in [0.5, 0.6) is 5.75 Å². The molecule has 1 atom stereocenters. The number of piperidine rings is 1. The normalized spacial score (nSPS) is 17.5. The number of aromatic hydroxyl groups is 1. The van der Waals surface area contributed by atoms with Crippen LogP contribution in [-0.2, 0) is 0 Å². The van der Waals surface area contributed by atoms with Gasteiger partial charge in [-0.25, -0.2) is 0 Å². The molecule has 1 aliphatic rings. The van der Waals surface area contributed by atoms with E-state index in [0.29, 0.717) is 17.0 Å². The molecule has 1 unspecified atom stereocenters. The Morgan fingerprint density at radius 1 is 1.21 bits per heavy atom. The summed E-state index contributed by atoms with van der Waals surface area (Å²) in [6.07, 6.45) is 4.03. The molecule has 2 aromatic carbocycles. The van der Waals surface area contributed by atoms with Crippen LogP contribution in [0.2, 0.25) is 0 Å². The second-order valence-corrected chi connectivity index (χ2v) is 7.63. The third-order valence-electron chi connectivity index (χ3n) is 5.44. The van der Waals surface area contributed by atoms with Crippen LogP contribution in [0.25, 0.3) is 22.0 Å². The third kappa shape index (κ3) is 3.99. The van der Waals surface area contributed by atoms with Gasteiger partial charge in [-0.15, -0.1) is 0 Å². The third-order valence-corrected chi connectivity index (χ3v) is 5.44. The number of hydrogen-bond acceptors (Lipinski definition) is 4. The number of amides is 1. The van der Waals surface area contributed by atoms with Gasteiger partial charge in [0, 0.05) is 30.2 Å². The van der Waals surface area contributed by atoms with Crippen LogP contribution in [0.3, 0.4) is 0 Å².